The maximum Gasteiger partial charge on any atom is 0.175 e. The second kappa shape index (κ2) is 6.35. The van der Waals surface area contributed by atoms with E-state index in [-0.39, 0.29) is 10.9 Å². The van der Waals surface area contributed by atoms with Crippen LogP contribution in [-0.4, -0.2) is 37.8 Å². The normalized spacial score (nSPS) is 21.7. The van der Waals surface area contributed by atoms with E-state index in [1.165, 1.54) is 6.26 Å². The minimum absolute atomic E-state index is 0.182. The second-order valence-electron chi connectivity index (χ2n) is 6.71. The zero-order chi connectivity index (χ0) is 17.4. The molecule has 0 amide bonds. The number of hydrogen-bond acceptors (Lipinski definition) is 5. The summed E-state index contributed by atoms with van der Waals surface area (Å²) in [5.41, 5.74) is -0.356. The van der Waals surface area contributed by atoms with Crippen LogP contribution in [0.15, 0.2) is 52.0 Å². The molecular formula is C18H23NO4S. The fourth-order valence-electron chi connectivity index (χ4n) is 3.37. The number of rotatable bonds is 5. The van der Waals surface area contributed by atoms with Crippen molar-refractivity contribution in [3.8, 4) is 0 Å². The van der Waals surface area contributed by atoms with Crippen LogP contribution in [0.2, 0.25) is 0 Å². The van der Waals surface area contributed by atoms with E-state index in [0.29, 0.717) is 12.1 Å². The van der Waals surface area contributed by atoms with Crippen molar-refractivity contribution in [1.29, 1.82) is 0 Å². The summed E-state index contributed by atoms with van der Waals surface area (Å²) < 4.78 is 28.7. The predicted molar refractivity (Wildman–Crippen MR) is 91.4 cm³/mol. The van der Waals surface area contributed by atoms with Gasteiger partial charge in [-0.2, -0.15) is 0 Å². The van der Waals surface area contributed by atoms with Crippen LogP contribution < -0.4 is 0 Å². The van der Waals surface area contributed by atoms with Crippen molar-refractivity contribution >= 4 is 9.84 Å². The number of nitrogens with zero attached hydrogens (tertiary/aromatic N) is 1. The molecule has 2 aromatic rings. The van der Waals surface area contributed by atoms with Crippen LogP contribution in [0.5, 0.6) is 0 Å². The van der Waals surface area contributed by atoms with E-state index in [0.717, 1.165) is 25.1 Å². The Morgan fingerprint density at radius 3 is 2.58 bits per heavy atom. The van der Waals surface area contributed by atoms with Crippen LogP contribution in [0.1, 0.15) is 37.1 Å². The van der Waals surface area contributed by atoms with Gasteiger partial charge < -0.3 is 9.52 Å². The van der Waals surface area contributed by atoms with Crippen molar-refractivity contribution in [2.24, 2.45) is 0 Å². The van der Waals surface area contributed by atoms with E-state index >= 15 is 0 Å². The van der Waals surface area contributed by atoms with Crippen LogP contribution in [0.3, 0.4) is 0 Å². The monoisotopic (exact) mass is 349 g/mol. The first-order chi connectivity index (χ1) is 11.3. The van der Waals surface area contributed by atoms with E-state index in [9.17, 15) is 13.5 Å². The Kier molecular flexibility index (Phi) is 4.55. The highest BCUT2D eigenvalue weighted by Crippen LogP contribution is 2.35. The summed E-state index contributed by atoms with van der Waals surface area (Å²) in [4.78, 5) is 2.49. The van der Waals surface area contributed by atoms with E-state index in [4.69, 9.17) is 4.42 Å². The highest BCUT2D eigenvalue weighted by atomic mass is 32.2. The van der Waals surface area contributed by atoms with Gasteiger partial charge in [0.05, 0.1) is 22.8 Å². The minimum atomic E-state index is -3.23. The van der Waals surface area contributed by atoms with E-state index in [1.807, 2.05) is 12.1 Å². The van der Waals surface area contributed by atoms with Gasteiger partial charge in [-0.3, -0.25) is 4.90 Å². The summed E-state index contributed by atoms with van der Waals surface area (Å²) in [7, 11) is -3.23. The van der Waals surface area contributed by atoms with Crippen molar-refractivity contribution in [2.45, 2.75) is 36.3 Å². The average molecular weight is 349 g/mol. The molecule has 1 saturated heterocycles. The van der Waals surface area contributed by atoms with Gasteiger partial charge in [-0.1, -0.05) is 12.1 Å². The van der Waals surface area contributed by atoms with Gasteiger partial charge in [0.2, 0.25) is 0 Å². The molecule has 0 radical (unpaired) electrons. The average Bonchev–Trinajstić information content (AvgIpc) is 3.17. The molecule has 6 heteroatoms. The lowest BCUT2D eigenvalue weighted by Crippen LogP contribution is -2.38. The largest absolute Gasteiger partial charge is 0.468 e. The first-order valence-corrected chi connectivity index (χ1v) is 9.97. The maximum absolute atomic E-state index is 11.6. The zero-order valence-corrected chi connectivity index (χ0v) is 14.8. The summed E-state index contributed by atoms with van der Waals surface area (Å²) in [6.07, 6.45) is 4.93. The van der Waals surface area contributed by atoms with Gasteiger partial charge in [0.1, 0.15) is 5.76 Å². The third-order valence-corrected chi connectivity index (χ3v) is 5.78. The third kappa shape index (κ3) is 3.55. The van der Waals surface area contributed by atoms with E-state index in [1.54, 1.807) is 37.5 Å². The smallest absolute Gasteiger partial charge is 0.175 e. The van der Waals surface area contributed by atoms with Crippen molar-refractivity contribution in [3.05, 3.63) is 54.0 Å². The van der Waals surface area contributed by atoms with Gasteiger partial charge in [-0.05, 0) is 56.1 Å². The van der Waals surface area contributed by atoms with Crippen LogP contribution in [0.4, 0.5) is 0 Å². The fraction of sp³-hybridized carbons (Fsp3) is 0.444. The van der Waals surface area contributed by atoms with Gasteiger partial charge in [0, 0.05) is 12.8 Å². The first kappa shape index (κ1) is 17.2. The number of β-amino-alcohol motifs (C(OH)–C–C–N with tert-alkyl or cyclic N) is 1. The number of hydrogen-bond donors (Lipinski definition) is 1. The summed E-state index contributed by atoms with van der Waals surface area (Å²) >= 11 is 0. The molecule has 2 atom stereocenters. The van der Waals surface area contributed by atoms with Crippen molar-refractivity contribution < 1.29 is 17.9 Å². The van der Waals surface area contributed by atoms with Crippen LogP contribution in [0.25, 0.3) is 0 Å². The molecule has 1 aromatic carbocycles. The van der Waals surface area contributed by atoms with Gasteiger partial charge in [-0.15, -0.1) is 0 Å². The molecule has 0 saturated carbocycles. The maximum atomic E-state index is 11.6. The van der Waals surface area contributed by atoms with Crippen molar-refractivity contribution in [2.75, 3.05) is 19.3 Å². The molecule has 2 heterocycles. The Morgan fingerprint density at radius 1 is 1.29 bits per heavy atom. The van der Waals surface area contributed by atoms with Crippen molar-refractivity contribution in [1.82, 2.24) is 4.90 Å². The number of aliphatic hydroxyl groups is 1. The Balaban J connectivity index is 1.78. The Bertz CT molecular complexity index is 779. The molecule has 3 rings (SSSR count). The van der Waals surface area contributed by atoms with Gasteiger partial charge in [0.25, 0.3) is 0 Å². The van der Waals surface area contributed by atoms with Crippen LogP contribution in [-0.2, 0) is 15.4 Å². The molecule has 0 bridgehead atoms. The highest BCUT2D eigenvalue weighted by Gasteiger charge is 2.34. The summed E-state index contributed by atoms with van der Waals surface area (Å²) in [5.74, 6) is 0.927. The Morgan fingerprint density at radius 2 is 2.00 bits per heavy atom. The van der Waals surface area contributed by atoms with Crippen LogP contribution >= 0.6 is 0 Å². The predicted octanol–water partition coefficient (Wildman–Crippen LogP) is 2.73. The lowest BCUT2D eigenvalue weighted by atomic mass is 9.95. The Hall–Kier alpha value is -1.63. The molecule has 130 valence electrons. The summed E-state index contributed by atoms with van der Waals surface area (Å²) in [6.45, 7) is 3.14. The lowest BCUT2D eigenvalue weighted by Gasteiger charge is -2.32. The Labute approximate surface area is 142 Å². The first-order valence-electron chi connectivity index (χ1n) is 8.08. The van der Waals surface area contributed by atoms with E-state index in [2.05, 4.69) is 4.90 Å². The number of benzene rings is 1. The molecule has 1 fully saturated rings. The second-order valence-corrected chi connectivity index (χ2v) is 8.73. The molecule has 24 heavy (non-hydrogen) atoms. The number of likely N-dealkylation sites (tertiary alicyclic amines) is 1. The van der Waals surface area contributed by atoms with E-state index < -0.39 is 15.4 Å². The topological polar surface area (TPSA) is 70.8 Å². The summed E-state index contributed by atoms with van der Waals surface area (Å²) in [6, 6.07) is 10.5. The SMILES string of the molecule is C[C@@](O)(CN1CCC[C@H]1c1ccco1)c1ccc(S(C)(=O)=O)cc1. The molecular weight excluding hydrogens is 326 g/mol. The van der Waals surface area contributed by atoms with Gasteiger partial charge in [0.15, 0.2) is 9.84 Å². The molecule has 0 unspecified atom stereocenters. The minimum Gasteiger partial charge on any atom is -0.468 e. The van der Waals surface area contributed by atoms with Crippen molar-refractivity contribution in [3.63, 3.8) is 0 Å². The molecule has 5 nitrogen and oxygen atoms in total. The molecule has 1 aliphatic rings. The standard InChI is InChI=1S/C18H23NO4S/c1-18(20,14-7-9-15(10-8-14)24(2,21)22)13-19-11-3-5-16(19)17-6-4-12-23-17/h4,6-10,12,16,20H,3,5,11,13H2,1-2H3/t16-,18+/m0/s1. The van der Waals surface area contributed by atoms with Gasteiger partial charge in [-0.25, -0.2) is 8.42 Å². The number of furan rings is 1. The molecule has 0 aliphatic carbocycles. The van der Waals surface area contributed by atoms with Crippen LogP contribution in [0, 0.1) is 0 Å². The highest BCUT2D eigenvalue weighted by molar-refractivity contribution is 7.90. The fourth-order valence-corrected chi connectivity index (χ4v) is 4.00. The summed E-state index contributed by atoms with van der Waals surface area (Å²) in [5, 5.41) is 10.9. The quantitative estimate of drug-likeness (QED) is 0.899. The third-order valence-electron chi connectivity index (χ3n) is 4.65. The molecule has 1 aliphatic heterocycles. The molecule has 1 N–H and O–H groups in total. The number of sulfone groups is 1. The zero-order valence-electron chi connectivity index (χ0n) is 14.0. The molecule has 1 aromatic heterocycles. The van der Waals surface area contributed by atoms with Gasteiger partial charge >= 0.3 is 0 Å². The lowest BCUT2D eigenvalue weighted by molar-refractivity contribution is 0.00933. The molecule has 0 spiro atoms.